The second-order valence-electron chi connectivity index (χ2n) is 7.21. The zero-order valence-corrected chi connectivity index (χ0v) is 18.7. The molecular weight excluding hydrogens is 426 g/mol. The van der Waals surface area contributed by atoms with Gasteiger partial charge in [0.2, 0.25) is 5.91 Å². The molecule has 0 aliphatic rings. The van der Waals surface area contributed by atoms with Gasteiger partial charge in [0.1, 0.15) is 17.0 Å². The van der Waals surface area contributed by atoms with Crippen molar-refractivity contribution >= 4 is 27.5 Å². The molecule has 0 unspecified atom stereocenters. The number of carbonyl (C=O) groups excluding carboxylic acids is 1. The number of ether oxygens (including phenoxy) is 1. The summed E-state index contributed by atoms with van der Waals surface area (Å²) in [5.41, 5.74) is 0.812. The number of amides is 1. The van der Waals surface area contributed by atoms with E-state index in [0.29, 0.717) is 34.7 Å². The number of hydrogen-bond donors (Lipinski definition) is 0. The van der Waals surface area contributed by atoms with Crippen molar-refractivity contribution < 1.29 is 9.53 Å². The van der Waals surface area contributed by atoms with Crippen molar-refractivity contribution in [2.75, 3.05) is 13.7 Å². The van der Waals surface area contributed by atoms with Gasteiger partial charge in [-0.25, -0.2) is 9.36 Å². The molecule has 0 fully saturated rings. The minimum absolute atomic E-state index is 0.165. The first-order valence-electron chi connectivity index (χ1n) is 10.2. The van der Waals surface area contributed by atoms with Crippen LogP contribution in [0.1, 0.15) is 12.5 Å². The van der Waals surface area contributed by atoms with Gasteiger partial charge in [-0.05, 0) is 36.1 Å². The van der Waals surface area contributed by atoms with E-state index in [2.05, 4.69) is 0 Å². The largest absolute Gasteiger partial charge is 0.495 e. The number of benzene rings is 2. The summed E-state index contributed by atoms with van der Waals surface area (Å²) < 4.78 is 8.23. The van der Waals surface area contributed by atoms with Crippen LogP contribution >= 0.6 is 11.3 Å². The molecule has 0 bridgehead atoms. The maximum Gasteiger partial charge on any atom is 0.336 e. The minimum atomic E-state index is -0.575. The Kier molecular flexibility index (Phi) is 6.23. The Labute approximate surface area is 188 Å². The number of likely N-dealkylation sites (N-methyl/N-ethyl adjacent to an activating group) is 1. The molecule has 0 saturated carbocycles. The molecule has 1 amide bonds. The minimum Gasteiger partial charge on any atom is -0.495 e. The Bertz CT molecular complexity index is 1370. The van der Waals surface area contributed by atoms with Gasteiger partial charge in [-0.1, -0.05) is 42.5 Å². The Balaban J connectivity index is 1.79. The molecule has 0 N–H and O–H groups in total. The lowest BCUT2D eigenvalue weighted by Gasteiger charge is -2.22. The van der Waals surface area contributed by atoms with Crippen molar-refractivity contribution in [3.05, 3.63) is 92.4 Å². The number of methoxy groups -OCH3 is 1. The average Bonchev–Trinajstić information content (AvgIpc) is 3.31. The lowest BCUT2D eigenvalue weighted by molar-refractivity contribution is -0.132. The van der Waals surface area contributed by atoms with Gasteiger partial charge in [0.15, 0.2) is 0 Å². The van der Waals surface area contributed by atoms with Crippen molar-refractivity contribution in [2.24, 2.45) is 0 Å². The van der Waals surface area contributed by atoms with Crippen molar-refractivity contribution in [2.45, 2.75) is 20.0 Å². The van der Waals surface area contributed by atoms with Crippen molar-refractivity contribution in [3.8, 4) is 11.4 Å². The van der Waals surface area contributed by atoms with Gasteiger partial charge in [-0.2, -0.15) is 0 Å². The lowest BCUT2D eigenvalue weighted by Crippen LogP contribution is -2.42. The predicted octanol–water partition coefficient (Wildman–Crippen LogP) is 3.27. The molecule has 4 rings (SSSR count). The number of nitrogens with zero attached hydrogens (tertiary/aromatic N) is 3. The van der Waals surface area contributed by atoms with Gasteiger partial charge in [0, 0.05) is 13.1 Å². The maximum atomic E-state index is 13.5. The summed E-state index contributed by atoms with van der Waals surface area (Å²) in [6.45, 7) is 2.69. The van der Waals surface area contributed by atoms with Gasteiger partial charge < -0.3 is 9.64 Å². The normalized spacial score (nSPS) is 10.9. The van der Waals surface area contributed by atoms with E-state index in [1.54, 1.807) is 40.6 Å². The quantitative estimate of drug-likeness (QED) is 0.434. The van der Waals surface area contributed by atoms with Crippen LogP contribution < -0.4 is 16.0 Å². The van der Waals surface area contributed by atoms with Crippen LogP contribution in [0.3, 0.4) is 0 Å². The van der Waals surface area contributed by atoms with Gasteiger partial charge in [0.05, 0.1) is 18.3 Å². The van der Waals surface area contributed by atoms with E-state index in [0.717, 1.165) is 10.1 Å². The molecule has 0 spiro atoms. The van der Waals surface area contributed by atoms with E-state index in [4.69, 9.17) is 4.74 Å². The van der Waals surface area contributed by atoms with Crippen LogP contribution in [-0.2, 0) is 17.9 Å². The van der Waals surface area contributed by atoms with E-state index in [1.165, 1.54) is 23.0 Å². The molecule has 2 heterocycles. The number of carbonyl (C=O) groups is 1. The summed E-state index contributed by atoms with van der Waals surface area (Å²) in [6, 6.07) is 18.2. The number of thiophene rings is 1. The third-order valence-electron chi connectivity index (χ3n) is 5.32. The molecule has 0 radical (unpaired) electrons. The number of para-hydroxylation sites is 2. The van der Waals surface area contributed by atoms with Crippen LogP contribution in [0, 0.1) is 0 Å². The Morgan fingerprint density at radius 3 is 2.47 bits per heavy atom. The van der Waals surface area contributed by atoms with Crippen LogP contribution in [0.5, 0.6) is 5.75 Å². The number of aromatic nitrogens is 2. The van der Waals surface area contributed by atoms with E-state index in [9.17, 15) is 14.4 Å². The third-order valence-corrected chi connectivity index (χ3v) is 6.22. The van der Waals surface area contributed by atoms with Crippen LogP contribution in [0.15, 0.2) is 75.6 Å². The topological polar surface area (TPSA) is 73.5 Å². The second kappa shape index (κ2) is 9.23. The number of rotatable bonds is 7. The molecule has 164 valence electrons. The molecule has 0 atom stereocenters. The SMILES string of the molecule is CCN(Cc1ccccc1)C(=O)Cn1c(=O)n(-c2ccccc2OC)c(=O)c2sccc21. The molecule has 0 saturated heterocycles. The fourth-order valence-electron chi connectivity index (χ4n) is 3.68. The smallest absolute Gasteiger partial charge is 0.336 e. The van der Waals surface area contributed by atoms with E-state index >= 15 is 0 Å². The van der Waals surface area contributed by atoms with Crippen LogP contribution in [0.25, 0.3) is 15.9 Å². The van der Waals surface area contributed by atoms with Crippen LogP contribution in [-0.4, -0.2) is 33.6 Å². The first-order valence-corrected chi connectivity index (χ1v) is 11.1. The summed E-state index contributed by atoms with van der Waals surface area (Å²) >= 11 is 1.24. The summed E-state index contributed by atoms with van der Waals surface area (Å²) in [7, 11) is 1.48. The van der Waals surface area contributed by atoms with Crippen LogP contribution in [0.4, 0.5) is 0 Å². The van der Waals surface area contributed by atoms with Gasteiger partial charge >= 0.3 is 5.69 Å². The van der Waals surface area contributed by atoms with Gasteiger partial charge in [0.25, 0.3) is 5.56 Å². The first kappa shape index (κ1) is 21.6. The third kappa shape index (κ3) is 3.97. The summed E-state index contributed by atoms with van der Waals surface area (Å²) in [5.74, 6) is 0.205. The molecule has 7 nitrogen and oxygen atoms in total. The number of fused-ring (bicyclic) bond motifs is 1. The highest BCUT2D eigenvalue weighted by molar-refractivity contribution is 7.17. The summed E-state index contributed by atoms with van der Waals surface area (Å²) in [5, 5.41) is 1.75. The van der Waals surface area contributed by atoms with E-state index in [1.807, 2.05) is 37.3 Å². The molecule has 4 aromatic rings. The zero-order chi connectivity index (χ0) is 22.7. The molecule has 2 aromatic heterocycles. The van der Waals surface area contributed by atoms with E-state index < -0.39 is 11.2 Å². The highest BCUT2D eigenvalue weighted by Gasteiger charge is 2.21. The first-order chi connectivity index (χ1) is 15.5. The molecule has 0 aliphatic heterocycles. The molecular formula is C24H23N3O4S. The zero-order valence-electron chi connectivity index (χ0n) is 17.9. The summed E-state index contributed by atoms with van der Waals surface area (Å²) in [6.07, 6.45) is 0. The van der Waals surface area contributed by atoms with Gasteiger partial charge in [-0.15, -0.1) is 11.3 Å². The highest BCUT2D eigenvalue weighted by atomic mass is 32.1. The molecule has 32 heavy (non-hydrogen) atoms. The average molecular weight is 450 g/mol. The van der Waals surface area contributed by atoms with Gasteiger partial charge in [-0.3, -0.25) is 14.2 Å². The predicted molar refractivity (Wildman–Crippen MR) is 126 cm³/mol. The maximum absolute atomic E-state index is 13.5. The standard InChI is InChI=1S/C24H23N3O4S/c1-3-25(15-17-9-5-4-6-10-17)21(28)16-26-19-13-14-32-22(19)23(29)27(24(26)30)18-11-7-8-12-20(18)31-2/h4-14H,3,15-16H2,1-2H3. The highest BCUT2D eigenvalue weighted by Crippen LogP contribution is 2.22. The Morgan fingerprint density at radius 2 is 1.75 bits per heavy atom. The Hall–Kier alpha value is -3.65. The van der Waals surface area contributed by atoms with Crippen molar-refractivity contribution in [1.29, 1.82) is 0 Å². The molecule has 2 aromatic carbocycles. The van der Waals surface area contributed by atoms with E-state index in [-0.39, 0.29) is 12.5 Å². The molecule has 0 aliphatic carbocycles. The molecule has 8 heteroatoms. The fourth-order valence-corrected chi connectivity index (χ4v) is 4.51. The van der Waals surface area contributed by atoms with Crippen molar-refractivity contribution in [1.82, 2.24) is 14.0 Å². The monoisotopic (exact) mass is 449 g/mol. The second-order valence-corrected chi connectivity index (χ2v) is 8.13. The lowest BCUT2D eigenvalue weighted by atomic mass is 10.2. The Morgan fingerprint density at radius 1 is 1.03 bits per heavy atom. The summed E-state index contributed by atoms with van der Waals surface area (Å²) in [4.78, 5) is 41.5. The van der Waals surface area contributed by atoms with Crippen molar-refractivity contribution in [3.63, 3.8) is 0 Å². The van der Waals surface area contributed by atoms with Crippen LogP contribution in [0.2, 0.25) is 0 Å². The number of hydrogen-bond acceptors (Lipinski definition) is 5. The fraction of sp³-hybridized carbons (Fsp3) is 0.208.